The molecule has 0 heterocycles. The fourth-order valence-electron chi connectivity index (χ4n) is 1.72. The molecule has 0 unspecified atom stereocenters. The molecule has 0 aliphatic heterocycles. The first-order valence-corrected chi connectivity index (χ1v) is 7.60. The molecular weight excluding hydrogens is 320 g/mol. The topological polar surface area (TPSA) is 171 Å². The van der Waals surface area contributed by atoms with Crippen molar-refractivity contribution in [3.05, 3.63) is 0 Å². The summed E-state index contributed by atoms with van der Waals surface area (Å²) in [6.07, 6.45) is 0.571. The molecule has 0 aromatic carbocycles. The van der Waals surface area contributed by atoms with E-state index in [1.807, 2.05) is 6.92 Å². The average Bonchev–Trinajstić information content (AvgIpc) is 2.55. The minimum atomic E-state index is -1.20. The van der Waals surface area contributed by atoms with Crippen LogP contribution in [0.15, 0.2) is 0 Å². The van der Waals surface area contributed by atoms with E-state index in [-0.39, 0.29) is 5.92 Å². The fraction of sp³-hybridized carbons (Fsp3) is 0.714. The maximum atomic E-state index is 12.1. The molecule has 0 fully saturated rings. The molecule has 138 valence electrons. The van der Waals surface area contributed by atoms with Crippen molar-refractivity contribution in [3.63, 3.8) is 0 Å². The van der Waals surface area contributed by atoms with Gasteiger partial charge in [0, 0.05) is 0 Å². The zero-order valence-corrected chi connectivity index (χ0v) is 14.0. The van der Waals surface area contributed by atoms with Gasteiger partial charge in [0.15, 0.2) is 0 Å². The lowest BCUT2D eigenvalue weighted by atomic mass is 9.98. The van der Waals surface area contributed by atoms with E-state index in [9.17, 15) is 19.2 Å². The van der Waals surface area contributed by atoms with E-state index in [2.05, 4.69) is 16.0 Å². The summed E-state index contributed by atoms with van der Waals surface area (Å²) >= 11 is 0. The van der Waals surface area contributed by atoms with Crippen molar-refractivity contribution in [2.24, 2.45) is 11.7 Å². The molecule has 10 nitrogen and oxygen atoms in total. The van der Waals surface area contributed by atoms with Crippen LogP contribution >= 0.6 is 0 Å². The largest absolute Gasteiger partial charge is 0.480 e. The second kappa shape index (κ2) is 10.6. The van der Waals surface area contributed by atoms with Crippen molar-refractivity contribution in [1.29, 1.82) is 0 Å². The van der Waals surface area contributed by atoms with Gasteiger partial charge in [-0.15, -0.1) is 0 Å². The second-order valence-corrected chi connectivity index (χ2v) is 5.50. The van der Waals surface area contributed by atoms with E-state index in [4.69, 9.17) is 15.9 Å². The maximum Gasteiger partial charge on any atom is 0.322 e. The van der Waals surface area contributed by atoms with Crippen LogP contribution in [-0.4, -0.2) is 65.2 Å². The Bertz CT molecular complexity index is 470. The number of rotatable bonds is 10. The molecule has 0 rings (SSSR count). The number of nitrogens with one attached hydrogen (secondary N) is 3. The van der Waals surface area contributed by atoms with Crippen molar-refractivity contribution < 1.29 is 29.4 Å². The zero-order valence-electron chi connectivity index (χ0n) is 14.0. The van der Waals surface area contributed by atoms with Gasteiger partial charge in [0.2, 0.25) is 17.7 Å². The first-order valence-electron chi connectivity index (χ1n) is 7.60. The summed E-state index contributed by atoms with van der Waals surface area (Å²) in [7, 11) is 0. The van der Waals surface area contributed by atoms with Crippen LogP contribution in [0, 0.1) is 5.92 Å². The van der Waals surface area contributed by atoms with Crippen LogP contribution in [0.25, 0.3) is 0 Å². The number of carboxylic acids is 1. The Balaban J connectivity index is 4.83. The molecule has 0 radical (unpaired) electrons. The van der Waals surface area contributed by atoms with E-state index in [0.29, 0.717) is 6.42 Å². The summed E-state index contributed by atoms with van der Waals surface area (Å²) in [4.78, 5) is 46.3. The van der Waals surface area contributed by atoms with Gasteiger partial charge in [-0.05, 0) is 12.8 Å². The van der Waals surface area contributed by atoms with E-state index < -0.39 is 55.0 Å². The molecule has 7 N–H and O–H groups in total. The van der Waals surface area contributed by atoms with Crippen molar-refractivity contribution >= 4 is 23.7 Å². The molecule has 0 bridgehead atoms. The smallest absolute Gasteiger partial charge is 0.322 e. The molecule has 3 amide bonds. The number of aliphatic hydroxyl groups is 1. The Hall–Kier alpha value is -2.20. The summed E-state index contributed by atoms with van der Waals surface area (Å²) in [5, 5.41) is 24.4. The monoisotopic (exact) mass is 346 g/mol. The van der Waals surface area contributed by atoms with Gasteiger partial charge >= 0.3 is 5.97 Å². The SMILES string of the molecule is CC[C@H](C)[C@H](NC(=O)[C@H](C)NC(=O)[C@@H](N)CO)C(=O)NCC(=O)O. The molecule has 4 atom stereocenters. The van der Waals surface area contributed by atoms with Crippen molar-refractivity contribution in [2.75, 3.05) is 13.2 Å². The fourth-order valence-corrected chi connectivity index (χ4v) is 1.72. The number of hydrogen-bond donors (Lipinski definition) is 6. The Morgan fingerprint density at radius 1 is 1.04 bits per heavy atom. The van der Waals surface area contributed by atoms with Crippen LogP contribution in [0.3, 0.4) is 0 Å². The van der Waals surface area contributed by atoms with Gasteiger partial charge in [0.1, 0.15) is 24.7 Å². The summed E-state index contributed by atoms with van der Waals surface area (Å²) in [5.41, 5.74) is 5.34. The Morgan fingerprint density at radius 2 is 1.62 bits per heavy atom. The van der Waals surface area contributed by atoms with Gasteiger partial charge in [0.05, 0.1) is 6.61 Å². The molecule has 0 aliphatic rings. The lowest BCUT2D eigenvalue weighted by Crippen LogP contribution is -2.57. The first-order chi connectivity index (χ1) is 11.1. The third-order valence-corrected chi connectivity index (χ3v) is 3.49. The van der Waals surface area contributed by atoms with Gasteiger partial charge in [-0.1, -0.05) is 20.3 Å². The first kappa shape index (κ1) is 21.8. The highest BCUT2D eigenvalue weighted by Gasteiger charge is 2.28. The van der Waals surface area contributed by atoms with Crippen LogP contribution in [0.5, 0.6) is 0 Å². The van der Waals surface area contributed by atoms with Crippen LogP contribution < -0.4 is 21.7 Å². The second-order valence-electron chi connectivity index (χ2n) is 5.50. The maximum absolute atomic E-state index is 12.1. The van der Waals surface area contributed by atoms with Crippen LogP contribution in [0.1, 0.15) is 27.2 Å². The van der Waals surface area contributed by atoms with Crippen molar-refractivity contribution in [2.45, 2.75) is 45.3 Å². The molecule has 0 aromatic rings. The van der Waals surface area contributed by atoms with Crippen LogP contribution in [0.4, 0.5) is 0 Å². The van der Waals surface area contributed by atoms with E-state index in [1.165, 1.54) is 6.92 Å². The lowest BCUT2D eigenvalue weighted by Gasteiger charge is -2.25. The highest BCUT2D eigenvalue weighted by atomic mass is 16.4. The third-order valence-electron chi connectivity index (χ3n) is 3.49. The van der Waals surface area contributed by atoms with Crippen molar-refractivity contribution in [1.82, 2.24) is 16.0 Å². The number of aliphatic hydroxyl groups excluding tert-OH is 1. The molecule has 0 spiro atoms. The summed E-state index contributed by atoms with van der Waals surface area (Å²) < 4.78 is 0. The van der Waals surface area contributed by atoms with E-state index >= 15 is 0 Å². The Kier molecular flexibility index (Phi) is 9.58. The molecule has 0 saturated carbocycles. The van der Waals surface area contributed by atoms with Crippen LogP contribution in [-0.2, 0) is 19.2 Å². The lowest BCUT2D eigenvalue weighted by molar-refractivity contribution is -0.139. The molecule has 0 aliphatic carbocycles. The number of aliphatic carboxylic acids is 1. The van der Waals surface area contributed by atoms with E-state index in [0.717, 1.165) is 0 Å². The Morgan fingerprint density at radius 3 is 2.08 bits per heavy atom. The van der Waals surface area contributed by atoms with Gasteiger partial charge in [-0.2, -0.15) is 0 Å². The number of carbonyl (C=O) groups excluding carboxylic acids is 3. The predicted octanol–water partition coefficient (Wildman–Crippen LogP) is -2.46. The molecular formula is C14H26N4O6. The normalized spacial score (nSPS) is 15.5. The van der Waals surface area contributed by atoms with Gasteiger partial charge in [0.25, 0.3) is 0 Å². The standard InChI is InChI=1S/C14H26N4O6/c1-4-7(2)11(14(24)16-5-10(20)21)18-12(22)8(3)17-13(23)9(15)6-19/h7-9,11,19H,4-6,15H2,1-3H3,(H,16,24)(H,17,23)(H,18,22)(H,20,21)/t7-,8-,9-,11-/m0/s1. The molecule has 0 saturated heterocycles. The number of nitrogens with two attached hydrogens (primary N) is 1. The number of hydrogen-bond acceptors (Lipinski definition) is 6. The molecule has 24 heavy (non-hydrogen) atoms. The van der Waals surface area contributed by atoms with E-state index in [1.54, 1.807) is 6.92 Å². The number of carbonyl (C=O) groups is 4. The van der Waals surface area contributed by atoms with Crippen molar-refractivity contribution in [3.8, 4) is 0 Å². The predicted molar refractivity (Wildman–Crippen MR) is 84.7 cm³/mol. The van der Waals surface area contributed by atoms with Gasteiger partial charge in [-0.25, -0.2) is 0 Å². The summed E-state index contributed by atoms with van der Waals surface area (Å²) in [6, 6.07) is -3.06. The Labute approximate surface area is 140 Å². The third kappa shape index (κ3) is 7.38. The zero-order chi connectivity index (χ0) is 18.9. The quantitative estimate of drug-likeness (QED) is 0.255. The highest BCUT2D eigenvalue weighted by Crippen LogP contribution is 2.08. The molecule has 0 aromatic heterocycles. The molecule has 10 heteroatoms. The summed E-state index contributed by atoms with van der Waals surface area (Å²) in [6.45, 7) is 3.84. The minimum absolute atomic E-state index is 0.245. The average molecular weight is 346 g/mol. The van der Waals surface area contributed by atoms with Gasteiger partial charge in [-0.3, -0.25) is 19.2 Å². The number of amides is 3. The summed E-state index contributed by atoms with van der Waals surface area (Å²) in [5.74, 6) is -3.38. The highest BCUT2D eigenvalue weighted by molar-refractivity contribution is 5.93. The number of carboxylic acid groups (broad SMARTS) is 1. The van der Waals surface area contributed by atoms with Crippen LogP contribution in [0.2, 0.25) is 0 Å². The van der Waals surface area contributed by atoms with Gasteiger partial charge < -0.3 is 31.9 Å². The minimum Gasteiger partial charge on any atom is -0.480 e.